The Morgan fingerprint density at radius 2 is 2.08 bits per heavy atom. The third-order valence-electron chi connectivity index (χ3n) is 4.58. The number of aromatic nitrogens is 5. The van der Waals surface area contributed by atoms with Gasteiger partial charge in [-0.1, -0.05) is 12.1 Å². The number of ether oxygens (including phenoxy) is 1. The van der Waals surface area contributed by atoms with Crippen LogP contribution < -0.4 is 0 Å². The van der Waals surface area contributed by atoms with E-state index in [0.717, 1.165) is 23.2 Å². The molecule has 3 atom stereocenters. The van der Waals surface area contributed by atoms with Crippen LogP contribution in [-0.4, -0.2) is 30.5 Å². The smallest absolute Gasteiger partial charge is 0.310 e. The normalized spacial score (nSPS) is 20.2. The highest BCUT2D eigenvalue weighted by atomic mass is 16.5. The first-order valence-electron chi connectivity index (χ1n) is 8.26. The molecule has 0 bridgehead atoms. The van der Waals surface area contributed by atoms with Gasteiger partial charge in [-0.15, -0.1) is 0 Å². The molecule has 4 rings (SSSR count). The molecule has 1 fully saturated rings. The number of rotatable bonds is 5. The maximum absolute atomic E-state index is 12.4. The summed E-state index contributed by atoms with van der Waals surface area (Å²) in [4.78, 5) is 16.3. The van der Waals surface area contributed by atoms with Gasteiger partial charge in [0.15, 0.2) is 0 Å². The van der Waals surface area contributed by atoms with Gasteiger partial charge in [-0.05, 0) is 36.6 Å². The lowest BCUT2D eigenvalue weighted by Crippen LogP contribution is -2.11. The molecular weight excluding hydrogens is 318 g/mol. The van der Waals surface area contributed by atoms with Crippen molar-refractivity contribution in [1.82, 2.24) is 24.5 Å². The molecule has 7 nitrogen and oxygen atoms in total. The highest BCUT2D eigenvalue weighted by molar-refractivity contribution is 5.77. The summed E-state index contributed by atoms with van der Waals surface area (Å²) in [7, 11) is 1.88. The van der Waals surface area contributed by atoms with E-state index < -0.39 is 0 Å². The van der Waals surface area contributed by atoms with Gasteiger partial charge in [-0.25, -0.2) is 9.67 Å². The Balaban J connectivity index is 1.37. The van der Waals surface area contributed by atoms with Crippen molar-refractivity contribution >= 4 is 5.97 Å². The molecule has 2 heterocycles. The molecule has 0 spiro atoms. The molecule has 1 aromatic carbocycles. The molecule has 7 heteroatoms. The summed E-state index contributed by atoms with van der Waals surface area (Å²) in [5.74, 6) is 0.0471. The lowest BCUT2D eigenvalue weighted by Gasteiger charge is -2.14. The molecule has 0 aliphatic heterocycles. The van der Waals surface area contributed by atoms with E-state index in [2.05, 4.69) is 15.2 Å². The van der Waals surface area contributed by atoms with Crippen LogP contribution in [0.2, 0.25) is 0 Å². The highest BCUT2D eigenvalue weighted by Gasteiger charge is 2.46. The Morgan fingerprint density at radius 3 is 2.72 bits per heavy atom. The predicted octanol–water partition coefficient (Wildman–Crippen LogP) is 2.41. The highest BCUT2D eigenvalue weighted by Crippen LogP contribution is 2.48. The van der Waals surface area contributed by atoms with Crippen molar-refractivity contribution in [3.05, 3.63) is 60.4 Å². The number of hydrogen-bond acceptors (Lipinski definition) is 5. The van der Waals surface area contributed by atoms with Gasteiger partial charge in [-0.2, -0.15) is 10.2 Å². The Bertz CT molecular complexity index is 869. The van der Waals surface area contributed by atoms with E-state index in [9.17, 15) is 4.79 Å². The Kier molecular flexibility index (Phi) is 3.83. The predicted molar refractivity (Wildman–Crippen MR) is 89.9 cm³/mol. The first-order valence-corrected chi connectivity index (χ1v) is 8.26. The molecule has 3 unspecified atom stereocenters. The van der Waals surface area contributed by atoms with E-state index in [0.29, 0.717) is 0 Å². The maximum atomic E-state index is 12.4. The van der Waals surface area contributed by atoms with Gasteiger partial charge in [0.2, 0.25) is 0 Å². The summed E-state index contributed by atoms with van der Waals surface area (Å²) < 4.78 is 9.09. The topological polar surface area (TPSA) is 74.8 Å². The number of carbonyl (C=O) groups is 1. The number of hydrogen-bond donors (Lipinski definition) is 0. The van der Waals surface area contributed by atoms with Crippen molar-refractivity contribution in [3.63, 3.8) is 0 Å². The van der Waals surface area contributed by atoms with E-state index in [1.807, 2.05) is 50.6 Å². The van der Waals surface area contributed by atoms with Crippen LogP contribution >= 0.6 is 0 Å². The second-order valence-corrected chi connectivity index (χ2v) is 6.41. The fraction of sp³-hybridized carbons (Fsp3) is 0.333. The fourth-order valence-electron chi connectivity index (χ4n) is 3.02. The molecule has 1 saturated carbocycles. The molecule has 0 N–H and O–H groups in total. The number of nitrogens with zero attached hydrogens (tertiary/aromatic N) is 5. The summed E-state index contributed by atoms with van der Waals surface area (Å²) in [5, 5.41) is 8.26. The fourth-order valence-corrected chi connectivity index (χ4v) is 3.02. The minimum absolute atomic E-state index is 0.0546. The molecule has 25 heavy (non-hydrogen) atoms. The van der Waals surface area contributed by atoms with Crippen LogP contribution in [0, 0.1) is 5.92 Å². The Labute approximate surface area is 145 Å². The zero-order valence-corrected chi connectivity index (χ0v) is 14.1. The van der Waals surface area contributed by atoms with Crippen molar-refractivity contribution in [2.24, 2.45) is 13.0 Å². The second kappa shape index (κ2) is 6.16. The van der Waals surface area contributed by atoms with Gasteiger partial charge in [0.1, 0.15) is 18.8 Å². The van der Waals surface area contributed by atoms with Crippen LogP contribution in [0.5, 0.6) is 0 Å². The van der Waals surface area contributed by atoms with Gasteiger partial charge in [0, 0.05) is 19.2 Å². The largest absolute Gasteiger partial charge is 0.458 e. The van der Waals surface area contributed by atoms with Gasteiger partial charge in [0.05, 0.1) is 17.8 Å². The molecule has 0 saturated heterocycles. The monoisotopic (exact) mass is 337 g/mol. The average molecular weight is 337 g/mol. The van der Waals surface area contributed by atoms with Crippen LogP contribution in [-0.2, 0) is 16.6 Å². The Hall–Kier alpha value is -2.96. The number of benzene rings is 1. The first-order chi connectivity index (χ1) is 12.1. The van der Waals surface area contributed by atoms with Gasteiger partial charge in [-0.3, -0.25) is 9.48 Å². The minimum atomic E-state index is -0.285. The lowest BCUT2D eigenvalue weighted by molar-refractivity contribution is -0.150. The summed E-state index contributed by atoms with van der Waals surface area (Å²) in [5.41, 5.74) is 2.98. The van der Waals surface area contributed by atoms with E-state index in [1.54, 1.807) is 15.7 Å². The molecular formula is C18H19N5O2. The lowest BCUT2D eigenvalue weighted by atomic mass is 10.1. The zero-order chi connectivity index (χ0) is 17.4. The molecule has 0 amide bonds. The zero-order valence-electron chi connectivity index (χ0n) is 14.1. The van der Waals surface area contributed by atoms with Crippen LogP contribution in [0.15, 0.2) is 49.3 Å². The van der Waals surface area contributed by atoms with Crippen LogP contribution in [0.4, 0.5) is 0 Å². The van der Waals surface area contributed by atoms with Crippen molar-refractivity contribution in [2.45, 2.75) is 25.4 Å². The molecule has 2 aromatic heterocycles. The van der Waals surface area contributed by atoms with Crippen LogP contribution in [0.3, 0.4) is 0 Å². The van der Waals surface area contributed by atoms with E-state index in [4.69, 9.17) is 4.74 Å². The SMILES string of the molecule is CC(OC(=O)C1CC1c1cnn(C)c1)c1ccc(-n2cncn2)cc1. The first kappa shape index (κ1) is 15.6. The number of esters is 1. The molecule has 1 aliphatic rings. The van der Waals surface area contributed by atoms with E-state index >= 15 is 0 Å². The van der Waals surface area contributed by atoms with Gasteiger partial charge < -0.3 is 4.74 Å². The van der Waals surface area contributed by atoms with Gasteiger partial charge >= 0.3 is 5.97 Å². The second-order valence-electron chi connectivity index (χ2n) is 6.41. The molecule has 128 valence electrons. The third-order valence-corrected chi connectivity index (χ3v) is 4.58. The summed E-state index contributed by atoms with van der Waals surface area (Å²) in [6.45, 7) is 1.89. The third kappa shape index (κ3) is 3.17. The summed E-state index contributed by atoms with van der Waals surface area (Å²) >= 11 is 0. The molecule has 3 aromatic rings. The minimum Gasteiger partial charge on any atom is -0.458 e. The number of aryl methyl sites for hydroxylation is 1. The van der Waals surface area contributed by atoms with Crippen LogP contribution in [0.1, 0.15) is 36.5 Å². The number of carbonyl (C=O) groups excluding carboxylic acids is 1. The van der Waals surface area contributed by atoms with E-state index in [-0.39, 0.29) is 23.9 Å². The molecule has 0 radical (unpaired) electrons. The van der Waals surface area contributed by atoms with Crippen molar-refractivity contribution in [1.29, 1.82) is 0 Å². The van der Waals surface area contributed by atoms with Crippen molar-refractivity contribution < 1.29 is 9.53 Å². The van der Waals surface area contributed by atoms with Crippen LogP contribution in [0.25, 0.3) is 5.69 Å². The van der Waals surface area contributed by atoms with Crippen molar-refractivity contribution in [3.8, 4) is 5.69 Å². The van der Waals surface area contributed by atoms with Gasteiger partial charge in [0.25, 0.3) is 0 Å². The maximum Gasteiger partial charge on any atom is 0.310 e. The summed E-state index contributed by atoms with van der Waals surface area (Å²) in [6.07, 6.45) is 7.47. The average Bonchev–Trinajstić information content (AvgIpc) is 3.02. The summed E-state index contributed by atoms with van der Waals surface area (Å²) in [6, 6.07) is 7.76. The quantitative estimate of drug-likeness (QED) is 0.668. The van der Waals surface area contributed by atoms with Crippen molar-refractivity contribution in [2.75, 3.05) is 0 Å². The van der Waals surface area contributed by atoms with E-state index in [1.165, 1.54) is 6.33 Å². The molecule has 1 aliphatic carbocycles. The Morgan fingerprint density at radius 1 is 1.28 bits per heavy atom. The standard InChI is InChI=1S/C18H19N5O2/c1-12(13-3-5-15(6-4-13)23-11-19-10-21-23)25-18(24)17-7-16(17)14-8-20-22(2)9-14/h3-6,8-12,16-17H,7H2,1-2H3.